The summed E-state index contributed by atoms with van der Waals surface area (Å²) in [6, 6.07) is 6.70. The zero-order valence-electron chi connectivity index (χ0n) is 13.6. The smallest absolute Gasteiger partial charge is 0.119 e. The summed E-state index contributed by atoms with van der Waals surface area (Å²) < 4.78 is 5.31. The van der Waals surface area contributed by atoms with Crippen molar-refractivity contribution in [2.24, 2.45) is 17.1 Å². The van der Waals surface area contributed by atoms with E-state index in [4.69, 9.17) is 10.5 Å². The summed E-state index contributed by atoms with van der Waals surface area (Å²) in [6.07, 6.45) is 3.60. The summed E-state index contributed by atoms with van der Waals surface area (Å²) >= 11 is 0. The molecule has 0 heterocycles. The monoisotopic (exact) mass is 275 g/mol. The van der Waals surface area contributed by atoms with Gasteiger partial charge in [0, 0.05) is 6.04 Å². The molecule has 2 heteroatoms. The number of methoxy groups -OCH3 is 1. The fourth-order valence-electron chi connectivity index (χ4n) is 3.53. The van der Waals surface area contributed by atoms with E-state index in [1.54, 1.807) is 7.11 Å². The molecule has 2 N–H and O–H groups in total. The molecule has 2 rings (SSSR count). The van der Waals surface area contributed by atoms with Crippen LogP contribution in [0.25, 0.3) is 0 Å². The van der Waals surface area contributed by atoms with Crippen LogP contribution in [0.15, 0.2) is 18.2 Å². The van der Waals surface area contributed by atoms with E-state index in [0.717, 1.165) is 18.1 Å². The van der Waals surface area contributed by atoms with Crippen molar-refractivity contribution in [2.45, 2.75) is 58.9 Å². The molecule has 2 nitrogen and oxygen atoms in total. The first kappa shape index (κ1) is 15.4. The standard InChI is InChI=1S/C18H29NO/c1-12-10-14(20-5)7-8-15(12)16-11-13(18(2,3)4)6-9-17(16)19/h7-8,10,13,16-17H,6,9,11,19H2,1-5H3. The third-order valence-corrected chi connectivity index (χ3v) is 5.00. The van der Waals surface area contributed by atoms with Crippen molar-refractivity contribution < 1.29 is 4.74 Å². The van der Waals surface area contributed by atoms with Gasteiger partial charge in [0.05, 0.1) is 7.11 Å². The average molecular weight is 275 g/mol. The minimum atomic E-state index is 0.292. The highest BCUT2D eigenvalue weighted by Crippen LogP contribution is 2.44. The van der Waals surface area contributed by atoms with E-state index in [9.17, 15) is 0 Å². The number of hydrogen-bond donors (Lipinski definition) is 1. The molecule has 20 heavy (non-hydrogen) atoms. The van der Waals surface area contributed by atoms with Crippen molar-refractivity contribution in [1.29, 1.82) is 0 Å². The molecule has 0 saturated heterocycles. The second-order valence-electron chi connectivity index (χ2n) is 7.37. The zero-order chi connectivity index (χ0) is 14.9. The highest BCUT2D eigenvalue weighted by molar-refractivity contribution is 5.38. The Morgan fingerprint density at radius 3 is 2.45 bits per heavy atom. The maximum atomic E-state index is 6.42. The Kier molecular flexibility index (Phi) is 4.43. The molecule has 0 aliphatic heterocycles. The zero-order valence-corrected chi connectivity index (χ0v) is 13.6. The van der Waals surface area contributed by atoms with E-state index in [1.807, 2.05) is 0 Å². The first-order valence-corrected chi connectivity index (χ1v) is 7.73. The Hall–Kier alpha value is -1.02. The minimum Gasteiger partial charge on any atom is -0.497 e. The molecule has 1 saturated carbocycles. The Balaban J connectivity index is 2.25. The summed E-state index contributed by atoms with van der Waals surface area (Å²) in [5.41, 5.74) is 9.51. The second-order valence-corrected chi connectivity index (χ2v) is 7.37. The number of nitrogens with two attached hydrogens (primary N) is 1. The van der Waals surface area contributed by atoms with Gasteiger partial charge in [0.25, 0.3) is 0 Å². The van der Waals surface area contributed by atoms with Crippen LogP contribution in [0.1, 0.15) is 57.1 Å². The lowest BCUT2D eigenvalue weighted by atomic mass is 9.66. The van der Waals surface area contributed by atoms with E-state index < -0.39 is 0 Å². The van der Waals surface area contributed by atoms with E-state index in [-0.39, 0.29) is 0 Å². The predicted molar refractivity (Wildman–Crippen MR) is 85.2 cm³/mol. The Bertz CT molecular complexity index is 461. The van der Waals surface area contributed by atoms with Crippen LogP contribution < -0.4 is 10.5 Å². The minimum absolute atomic E-state index is 0.292. The largest absolute Gasteiger partial charge is 0.497 e. The van der Waals surface area contributed by atoms with Gasteiger partial charge in [-0.3, -0.25) is 0 Å². The van der Waals surface area contributed by atoms with Gasteiger partial charge in [-0.25, -0.2) is 0 Å². The Morgan fingerprint density at radius 1 is 1.20 bits per heavy atom. The SMILES string of the molecule is COc1ccc(C2CC(C(C)(C)C)CCC2N)c(C)c1. The van der Waals surface area contributed by atoms with Crippen LogP contribution in [0.4, 0.5) is 0 Å². The molecule has 1 aromatic rings. The van der Waals surface area contributed by atoms with Gasteiger partial charge in [0.15, 0.2) is 0 Å². The number of rotatable bonds is 2. The molecular formula is C18H29NO. The topological polar surface area (TPSA) is 35.2 Å². The average Bonchev–Trinajstić information content (AvgIpc) is 2.38. The van der Waals surface area contributed by atoms with Gasteiger partial charge in [-0.05, 0) is 66.7 Å². The summed E-state index contributed by atoms with van der Waals surface area (Å²) in [4.78, 5) is 0. The van der Waals surface area contributed by atoms with Gasteiger partial charge in [-0.2, -0.15) is 0 Å². The third kappa shape index (κ3) is 3.17. The van der Waals surface area contributed by atoms with Crippen molar-refractivity contribution in [3.8, 4) is 5.75 Å². The molecule has 0 amide bonds. The van der Waals surface area contributed by atoms with Crippen LogP contribution in [-0.2, 0) is 0 Å². The molecule has 1 aliphatic rings. The van der Waals surface area contributed by atoms with Gasteiger partial charge >= 0.3 is 0 Å². The van der Waals surface area contributed by atoms with E-state index in [0.29, 0.717) is 17.4 Å². The molecule has 0 radical (unpaired) electrons. The molecule has 0 spiro atoms. The van der Waals surface area contributed by atoms with Crippen LogP contribution in [0.2, 0.25) is 0 Å². The van der Waals surface area contributed by atoms with Crippen LogP contribution in [0.3, 0.4) is 0 Å². The molecular weight excluding hydrogens is 246 g/mol. The fraction of sp³-hybridized carbons (Fsp3) is 0.667. The van der Waals surface area contributed by atoms with Crippen molar-refractivity contribution in [3.63, 3.8) is 0 Å². The Labute approximate surface area is 123 Å². The van der Waals surface area contributed by atoms with Crippen molar-refractivity contribution in [2.75, 3.05) is 7.11 Å². The molecule has 0 aromatic heterocycles. The normalized spacial score (nSPS) is 27.4. The molecule has 3 atom stereocenters. The maximum Gasteiger partial charge on any atom is 0.119 e. The quantitative estimate of drug-likeness (QED) is 0.875. The van der Waals surface area contributed by atoms with Crippen LogP contribution in [-0.4, -0.2) is 13.2 Å². The number of benzene rings is 1. The first-order valence-electron chi connectivity index (χ1n) is 7.73. The van der Waals surface area contributed by atoms with Crippen LogP contribution in [0.5, 0.6) is 5.75 Å². The number of hydrogen-bond acceptors (Lipinski definition) is 2. The lowest BCUT2D eigenvalue weighted by molar-refractivity contribution is 0.153. The van der Waals surface area contributed by atoms with Gasteiger partial charge in [0.1, 0.15) is 5.75 Å². The predicted octanol–water partition coefficient (Wildman–Crippen LogP) is 4.26. The molecule has 3 unspecified atom stereocenters. The van der Waals surface area contributed by atoms with Gasteiger partial charge in [-0.15, -0.1) is 0 Å². The highest BCUT2D eigenvalue weighted by atomic mass is 16.5. The van der Waals surface area contributed by atoms with E-state index in [2.05, 4.69) is 45.9 Å². The Morgan fingerprint density at radius 2 is 1.90 bits per heavy atom. The number of aryl methyl sites for hydroxylation is 1. The van der Waals surface area contributed by atoms with Crippen molar-refractivity contribution in [3.05, 3.63) is 29.3 Å². The molecule has 1 aromatic carbocycles. The third-order valence-electron chi connectivity index (χ3n) is 5.00. The molecule has 112 valence electrons. The van der Waals surface area contributed by atoms with E-state index >= 15 is 0 Å². The van der Waals surface area contributed by atoms with Crippen molar-refractivity contribution in [1.82, 2.24) is 0 Å². The molecule has 1 fully saturated rings. The fourth-order valence-corrected chi connectivity index (χ4v) is 3.53. The van der Waals surface area contributed by atoms with E-state index in [1.165, 1.54) is 24.0 Å². The second kappa shape index (κ2) is 5.77. The van der Waals surface area contributed by atoms with Gasteiger partial charge < -0.3 is 10.5 Å². The lowest BCUT2D eigenvalue weighted by Gasteiger charge is -2.41. The summed E-state index contributed by atoms with van der Waals surface area (Å²) in [7, 11) is 1.72. The number of ether oxygens (including phenoxy) is 1. The summed E-state index contributed by atoms with van der Waals surface area (Å²) in [5.74, 6) is 2.18. The summed E-state index contributed by atoms with van der Waals surface area (Å²) in [5, 5.41) is 0. The van der Waals surface area contributed by atoms with Crippen molar-refractivity contribution >= 4 is 0 Å². The van der Waals surface area contributed by atoms with Gasteiger partial charge in [-0.1, -0.05) is 26.8 Å². The van der Waals surface area contributed by atoms with Crippen LogP contribution in [0, 0.1) is 18.3 Å². The molecule has 0 bridgehead atoms. The van der Waals surface area contributed by atoms with Gasteiger partial charge in [0.2, 0.25) is 0 Å². The summed E-state index contributed by atoms with van der Waals surface area (Å²) in [6.45, 7) is 9.23. The highest BCUT2D eigenvalue weighted by Gasteiger charge is 2.35. The van der Waals surface area contributed by atoms with Crippen LogP contribution >= 0.6 is 0 Å². The maximum absolute atomic E-state index is 6.42. The lowest BCUT2D eigenvalue weighted by Crippen LogP contribution is -2.38. The first-order chi connectivity index (χ1) is 9.32. The molecule has 1 aliphatic carbocycles.